The highest BCUT2D eigenvalue weighted by molar-refractivity contribution is 5.04. The van der Waals surface area contributed by atoms with Crippen molar-refractivity contribution >= 4 is 0 Å². The average molecular weight is 154 g/mol. The van der Waals surface area contributed by atoms with Gasteiger partial charge in [0.15, 0.2) is 0 Å². The third-order valence-electron chi connectivity index (χ3n) is 4.31. The summed E-state index contributed by atoms with van der Waals surface area (Å²) in [6.07, 6.45) is 2.40. The van der Waals surface area contributed by atoms with Crippen LogP contribution in [0.1, 0.15) is 33.6 Å². The highest BCUT2D eigenvalue weighted by Gasteiger charge is 2.55. The molecule has 0 radical (unpaired) electrons. The van der Waals surface area contributed by atoms with Crippen LogP contribution < -0.4 is 0 Å². The zero-order valence-corrected chi connectivity index (χ0v) is 7.67. The Kier molecular flexibility index (Phi) is 1.39. The molecule has 3 saturated carbocycles. The van der Waals surface area contributed by atoms with E-state index in [-0.39, 0.29) is 6.10 Å². The Hall–Kier alpha value is -0.0400. The molecule has 1 unspecified atom stereocenters. The van der Waals surface area contributed by atoms with Crippen LogP contribution in [-0.2, 0) is 0 Å². The molecule has 11 heavy (non-hydrogen) atoms. The first-order chi connectivity index (χ1) is 5.03. The van der Waals surface area contributed by atoms with Gasteiger partial charge in [-0.05, 0) is 36.0 Å². The van der Waals surface area contributed by atoms with E-state index in [1.165, 1.54) is 6.42 Å². The van der Waals surface area contributed by atoms with Crippen LogP contribution in [0.3, 0.4) is 0 Å². The Labute approximate surface area is 68.8 Å². The van der Waals surface area contributed by atoms with Crippen LogP contribution in [0, 0.1) is 23.2 Å². The van der Waals surface area contributed by atoms with Gasteiger partial charge in [0.1, 0.15) is 0 Å². The standard InChI is InChI=1S/C10H18O/c1-6-8-4-7(5-9(6)11)10(8,2)3/h6-9,11H,4-5H2,1-3H3/t6-,7?,8-,9-/m1/s1. The SMILES string of the molecule is C[C@H]1[C@H](O)CC2C[C@H]1C2(C)C. The van der Waals surface area contributed by atoms with Crippen LogP contribution in [0.4, 0.5) is 0 Å². The predicted octanol–water partition coefficient (Wildman–Crippen LogP) is 2.05. The third-order valence-corrected chi connectivity index (χ3v) is 4.31. The van der Waals surface area contributed by atoms with Gasteiger partial charge in [-0.15, -0.1) is 0 Å². The monoisotopic (exact) mass is 154 g/mol. The summed E-state index contributed by atoms with van der Waals surface area (Å²) in [6, 6.07) is 0. The van der Waals surface area contributed by atoms with Crippen LogP contribution in [0.5, 0.6) is 0 Å². The molecule has 3 aliphatic rings. The molecule has 2 bridgehead atoms. The third kappa shape index (κ3) is 0.807. The second-order valence-corrected chi connectivity index (χ2v) is 5.02. The molecule has 3 aliphatic carbocycles. The topological polar surface area (TPSA) is 20.2 Å². The molecule has 1 N–H and O–H groups in total. The first-order valence-electron chi connectivity index (χ1n) is 4.71. The lowest BCUT2D eigenvalue weighted by Crippen LogP contribution is -2.56. The predicted molar refractivity (Wildman–Crippen MR) is 45.2 cm³/mol. The lowest BCUT2D eigenvalue weighted by atomic mass is 9.45. The van der Waals surface area contributed by atoms with Gasteiger partial charge in [-0.25, -0.2) is 0 Å². The highest BCUT2D eigenvalue weighted by Crippen LogP contribution is 2.61. The fourth-order valence-electron chi connectivity index (χ4n) is 3.12. The van der Waals surface area contributed by atoms with Crippen molar-refractivity contribution in [2.45, 2.75) is 39.7 Å². The minimum atomic E-state index is -0.00762. The molecule has 0 aromatic carbocycles. The Morgan fingerprint density at radius 3 is 2.27 bits per heavy atom. The van der Waals surface area contributed by atoms with E-state index >= 15 is 0 Å². The van der Waals surface area contributed by atoms with Crippen molar-refractivity contribution in [1.82, 2.24) is 0 Å². The molecule has 0 amide bonds. The number of fused-ring (bicyclic) bond motifs is 2. The highest BCUT2D eigenvalue weighted by atomic mass is 16.3. The van der Waals surface area contributed by atoms with Gasteiger partial charge in [0.2, 0.25) is 0 Å². The fourth-order valence-corrected chi connectivity index (χ4v) is 3.12. The van der Waals surface area contributed by atoms with Gasteiger partial charge in [-0.2, -0.15) is 0 Å². The Bertz CT molecular complexity index is 174. The van der Waals surface area contributed by atoms with Gasteiger partial charge in [0.25, 0.3) is 0 Å². The van der Waals surface area contributed by atoms with Crippen molar-refractivity contribution in [2.75, 3.05) is 0 Å². The van der Waals surface area contributed by atoms with Crippen LogP contribution in [0.2, 0.25) is 0 Å². The van der Waals surface area contributed by atoms with Crippen molar-refractivity contribution in [2.24, 2.45) is 23.2 Å². The molecular weight excluding hydrogens is 136 g/mol. The molecule has 64 valence electrons. The maximum absolute atomic E-state index is 9.61. The van der Waals surface area contributed by atoms with Crippen LogP contribution in [-0.4, -0.2) is 11.2 Å². The maximum Gasteiger partial charge on any atom is 0.0571 e. The normalized spacial score (nSPS) is 53.5. The molecule has 0 aromatic rings. The summed E-state index contributed by atoms with van der Waals surface area (Å²) in [7, 11) is 0. The lowest BCUT2D eigenvalue weighted by Gasteiger charge is -2.61. The smallest absolute Gasteiger partial charge is 0.0571 e. The van der Waals surface area contributed by atoms with Gasteiger partial charge in [0, 0.05) is 0 Å². The van der Waals surface area contributed by atoms with Gasteiger partial charge < -0.3 is 5.11 Å². The number of hydrogen-bond acceptors (Lipinski definition) is 1. The first-order valence-corrected chi connectivity index (χ1v) is 4.71. The molecule has 0 heterocycles. The fraction of sp³-hybridized carbons (Fsp3) is 1.00. The molecule has 4 atom stereocenters. The second-order valence-electron chi connectivity index (χ2n) is 5.02. The van der Waals surface area contributed by atoms with Crippen LogP contribution in [0.25, 0.3) is 0 Å². The number of aliphatic hydroxyl groups excluding tert-OH is 1. The van der Waals surface area contributed by atoms with Crippen molar-refractivity contribution in [3.63, 3.8) is 0 Å². The summed E-state index contributed by atoms with van der Waals surface area (Å²) in [6.45, 7) is 6.91. The van der Waals surface area contributed by atoms with E-state index in [1.807, 2.05) is 0 Å². The first kappa shape index (κ1) is 7.60. The van der Waals surface area contributed by atoms with Crippen molar-refractivity contribution in [3.8, 4) is 0 Å². The van der Waals surface area contributed by atoms with E-state index in [2.05, 4.69) is 20.8 Å². The van der Waals surface area contributed by atoms with Gasteiger partial charge >= 0.3 is 0 Å². The summed E-state index contributed by atoms with van der Waals surface area (Å²) in [5, 5.41) is 9.61. The van der Waals surface area contributed by atoms with Crippen molar-refractivity contribution in [1.29, 1.82) is 0 Å². The lowest BCUT2D eigenvalue weighted by molar-refractivity contribution is -0.154. The van der Waals surface area contributed by atoms with E-state index in [1.54, 1.807) is 0 Å². The van der Waals surface area contributed by atoms with Gasteiger partial charge in [0.05, 0.1) is 6.10 Å². The Balaban J connectivity index is 2.17. The van der Waals surface area contributed by atoms with Crippen LogP contribution >= 0.6 is 0 Å². The summed E-state index contributed by atoms with van der Waals surface area (Å²) in [4.78, 5) is 0. The van der Waals surface area contributed by atoms with Crippen molar-refractivity contribution < 1.29 is 5.11 Å². The van der Waals surface area contributed by atoms with E-state index in [9.17, 15) is 5.11 Å². The number of hydrogen-bond donors (Lipinski definition) is 1. The van der Waals surface area contributed by atoms with E-state index in [0.29, 0.717) is 11.3 Å². The second kappa shape index (κ2) is 2.01. The molecule has 0 saturated heterocycles. The molecular formula is C10H18O. The van der Waals surface area contributed by atoms with E-state index in [4.69, 9.17) is 0 Å². The Morgan fingerprint density at radius 2 is 1.91 bits per heavy atom. The zero-order chi connectivity index (χ0) is 8.22. The van der Waals surface area contributed by atoms with E-state index < -0.39 is 0 Å². The molecule has 0 spiro atoms. The minimum Gasteiger partial charge on any atom is -0.393 e. The van der Waals surface area contributed by atoms with Gasteiger partial charge in [-0.1, -0.05) is 20.8 Å². The zero-order valence-electron chi connectivity index (χ0n) is 7.67. The molecule has 1 heteroatoms. The molecule has 3 fully saturated rings. The summed E-state index contributed by atoms with van der Waals surface area (Å²) >= 11 is 0. The minimum absolute atomic E-state index is 0.00762. The number of rotatable bonds is 0. The summed E-state index contributed by atoms with van der Waals surface area (Å²) in [5.74, 6) is 2.13. The summed E-state index contributed by atoms with van der Waals surface area (Å²) < 4.78 is 0. The average Bonchev–Trinajstić information content (AvgIpc) is 1.93. The quantitative estimate of drug-likeness (QED) is 0.566. The summed E-state index contributed by atoms with van der Waals surface area (Å²) in [5.41, 5.74) is 0.526. The largest absolute Gasteiger partial charge is 0.393 e. The van der Waals surface area contributed by atoms with Gasteiger partial charge in [-0.3, -0.25) is 0 Å². The van der Waals surface area contributed by atoms with Crippen LogP contribution in [0.15, 0.2) is 0 Å². The maximum atomic E-state index is 9.61. The molecule has 1 nitrogen and oxygen atoms in total. The van der Waals surface area contributed by atoms with Crippen molar-refractivity contribution in [3.05, 3.63) is 0 Å². The number of aliphatic hydroxyl groups is 1. The van der Waals surface area contributed by atoms with E-state index in [0.717, 1.165) is 18.3 Å². The molecule has 0 aliphatic heterocycles. The molecule has 0 aromatic heterocycles. The Morgan fingerprint density at radius 1 is 1.27 bits per heavy atom. The molecule has 3 rings (SSSR count).